The van der Waals surface area contributed by atoms with Crippen LogP contribution < -0.4 is 16.2 Å². The van der Waals surface area contributed by atoms with E-state index >= 15 is 0 Å². The minimum Gasteiger partial charge on any atom is -0.490 e. The second-order valence-corrected chi connectivity index (χ2v) is 4.48. The van der Waals surface area contributed by atoms with Crippen LogP contribution in [-0.4, -0.2) is 18.3 Å². The number of halogens is 1. The van der Waals surface area contributed by atoms with Crippen LogP contribution in [-0.2, 0) is 0 Å². The first kappa shape index (κ1) is 13.5. The standard InChI is InChI=1S/C11H15BrN4O/c1-7(2)17-10-5-8(3-4-9(10)12)6-15-16-11(13)14/h3-7H,1-2H3,(H4,13,14,16). The van der Waals surface area contributed by atoms with E-state index in [0.29, 0.717) is 0 Å². The average molecular weight is 299 g/mol. The van der Waals surface area contributed by atoms with Gasteiger partial charge in [-0.05, 0) is 47.5 Å². The van der Waals surface area contributed by atoms with Gasteiger partial charge in [-0.25, -0.2) is 0 Å². The van der Waals surface area contributed by atoms with Crippen LogP contribution in [0.25, 0.3) is 0 Å². The maximum absolute atomic E-state index is 5.62. The summed E-state index contributed by atoms with van der Waals surface area (Å²) < 4.78 is 6.51. The molecule has 0 aromatic heterocycles. The highest BCUT2D eigenvalue weighted by molar-refractivity contribution is 9.10. The molecule has 0 heterocycles. The molecular formula is C11H15BrN4O. The van der Waals surface area contributed by atoms with E-state index in [1.165, 1.54) is 0 Å². The zero-order valence-corrected chi connectivity index (χ0v) is 11.3. The molecule has 0 radical (unpaired) electrons. The van der Waals surface area contributed by atoms with Gasteiger partial charge in [-0.2, -0.15) is 5.10 Å². The van der Waals surface area contributed by atoms with E-state index in [0.717, 1.165) is 15.8 Å². The van der Waals surface area contributed by atoms with Gasteiger partial charge in [0.1, 0.15) is 5.75 Å². The van der Waals surface area contributed by atoms with E-state index in [1.54, 1.807) is 6.21 Å². The molecule has 1 rings (SSSR count). The smallest absolute Gasteiger partial charge is 0.211 e. The van der Waals surface area contributed by atoms with Crippen molar-refractivity contribution >= 4 is 28.1 Å². The largest absolute Gasteiger partial charge is 0.490 e. The zero-order valence-electron chi connectivity index (χ0n) is 9.72. The van der Waals surface area contributed by atoms with Gasteiger partial charge in [-0.15, -0.1) is 5.10 Å². The number of benzene rings is 1. The summed E-state index contributed by atoms with van der Waals surface area (Å²) in [7, 11) is 0. The van der Waals surface area contributed by atoms with Gasteiger partial charge in [0.25, 0.3) is 0 Å². The molecule has 0 saturated heterocycles. The number of nitrogens with zero attached hydrogens (tertiary/aromatic N) is 2. The maximum Gasteiger partial charge on any atom is 0.211 e. The van der Waals surface area contributed by atoms with Crippen molar-refractivity contribution in [2.24, 2.45) is 21.7 Å². The normalized spacial score (nSPS) is 10.8. The van der Waals surface area contributed by atoms with Crippen molar-refractivity contribution in [3.8, 4) is 5.75 Å². The predicted molar refractivity (Wildman–Crippen MR) is 73.3 cm³/mol. The first-order valence-electron chi connectivity index (χ1n) is 5.07. The van der Waals surface area contributed by atoms with Gasteiger partial charge in [0.2, 0.25) is 5.96 Å². The molecule has 0 atom stereocenters. The van der Waals surface area contributed by atoms with Crippen molar-refractivity contribution < 1.29 is 4.74 Å². The number of rotatable bonds is 4. The number of ether oxygens (including phenoxy) is 1. The van der Waals surface area contributed by atoms with Crippen LogP contribution >= 0.6 is 15.9 Å². The van der Waals surface area contributed by atoms with Crippen molar-refractivity contribution in [3.63, 3.8) is 0 Å². The second kappa shape index (κ2) is 6.24. The molecule has 1 aromatic rings. The Morgan fingerprint density at radius 1 is 1.41 bits per heavy atom. The SMILES string of the molecule is CC(C)Oc1cc(C=NN=C(N)N)ccc1Br. The van der Waals surface area contributed by atoms with E-state index in [1.807, 2.05) is 32.0 Å². The van der Waals surface area contributed by atoms with Gasteiger partial charge in [-0.3, -0.25) is 0 Å². The first-order chi connectivity index (χ1) is 7.99. The molecule has 92 valence electrons. The Kier molecular flexibility index (Phi) is 4.96. The third-order valence-corrected chi connectivity index (χ3v) is 2.35. The Morgan fingerprint density at radius 3 is 2.71 bits per heavy atom. The summed E-state index contributed by atoms with van der Waals surface area (Å²) in [6, 6.07) is 5.62. The van der Waals surface area contributed by atoms with Crippen molar-refractivity contribution in [1.82, 2.24) is 0 Å². The molecule has 6 heteroatoms. The molecule has 0 aliphatic carbocycles. The molecule has 0 aliphatic rings. The average Bonchev–Trinajstić information content (AvgIpc) is 2.21. The van der Waals surface area contributed by atoms with Crippen molar-refractivity contribution in [2.45, 2.75) is 20.0 Å². The van der Waals surface area contributed by atoms with Gasteiger partial charge in [0, 0.05) is 0 Å². The Hall–Kier alpha value is -1.56. The van der Waals surface area contributed by atoms with Crippen molar-refractivity contribution in [3.05, 3.63) is 28.2 Å². The lowest BCUT2D eigenvalue weighted by molar-refractivity contribution is 0.241. The van der Waals surface area contributed by atoms with E-state index in [9.17, 15) is 0 Å². The fourth-order valence-corrected chi connectivity index (χ4v) is 1.45. The summed E-state index contributed by atoms with van der Waals surface area (Å²) in [5.74, 6) is 0.686. The van der Waals surface area contributed by atoms with Crippen LogP contribution in [0, 0.1) is 0 Å². The molecule has 0 amide bonds. The summed E-state index contributed by atoms with van der Waals surface area (Å²) in [5, 5.41) is 7.26. The summed E-state index contributed by atoms with van der Waals surface area (Å²) in [6.07, 6.45) is 1.66. The molecule has 1 aromatic carbocycles. The molecule has 5 nitrogen and oxygen atoms in total. The van der Waals surface area contributed by atoms with E-state index in [4.69, 9.17) is 16.2 Å². The lowest BCUT2D eigenvalue weighted by Crippen LogP contribution is -2.21. The molecule has 0 spiro atoms. The molecule has 0 bridgehead atoms. The van der Waals surface area contributed by atoms with E-state index < -0.39 is 0 Å². The summed E-state index contributed by atoms with van der Waals surface area (Å²) in [4.78, 5) is 0. The Balaban J connectivity index is 2.88. The maximum atomic E-state index is 5.62. The summed E-state index contributed by atoms with van der Waals surface area (Å²) in [5.41, 5.74) is 11.2. The van der Waals surface area contributed by atoms with E-state index in [-0.39, 0.29) is 12.1 Å². The molecule has 0 saturated carbocycles. The predicted octanol–water partition coefficient (Wildman–Crippen LogP) is 1.84. The molecule has 0 fully saturated rings. The Morgan fingerprint density at radius 2 is 2.12 bits per heavy atom. The van der Waals surface area contributed by atoms with Gasteiger partial charge in [-0.1, -0.05) is 6.07 Å². The van der Waals surface area contributed by atoms with Crippen LogP contribution in [0.5, 0.6) is 5.75 Å². The molecule has 0 unspecified atom stereocenters. The highest BCUT2D eigenvalue weighted by atomic mass is 79.9. The lowest BCUT2D eigenvalue weighted by atomic mass is 10.2. The first-order valence-corrected chi connectivity index (χ1v) is 5.86. The monoisotopic (exact) mass is 298 g/mol. The second-order valence-electron chi connectivity index (χ2n) is 3.63. The van der Waals surface area contributed by atoms with E-state index in [2.05, 4.69) is 26.1 Å². The number of guanidine groups is 1. The molecular weight excluding hydrogens is 284 g/mol. The lowest BCUT2D eigenvalue weighted by Gasteiger charge is -2.11. The van der Waals surface area contributed by atoms with Crippen LogP contribution in [0.15, 0.2) is 32.9 Å². The fraction of sp³-hybridized carbons (Fsp3) is 0.273. The van der Waals surface area contributed by atoms with Gasteiger partial charge in [0.05, 0.1) is 16.8 Å². The quantitative estimate of drug-likeness (QED) is 0.505. The highest BCUT2D eigenvalue weighted by Crippen LogP contribution is 2.26. The number of nitrogens with two attached hydrogens (primary N) is 2. The topological polar surface area (TPSA) is 86.0 Å². The third kappa shape index (κ3) is 4.86. The highest BCUT2D eigenvalue weighted by Gasteiger charge is 2.03. The van der Waals surface area contributed by atoms with Gasteiger partial charge in [0.15, 0.2) is 0 Å². The Labute approximate surface area is 109 Å². The molecule has 0 aliphatic heterocycles. The minimum absolute atomic E-state index is 0.0722. The van der Waals surface area contributed by atoms with Crippen molar-refractivity contribution in [2.75, 3.05) is 0 Å². The minimum atomic E-state index is -0.0722. The van der Waals surface area contributed by atoms with Crippen LogP contribution in [0.2, 0.25) is 0 Å². The van der Waals surface area contributed by atoms with Crippen LogP contribution in [0.4, 0.5) is 0 Å². The van der Waals surface area contributed by atoms with Gasteiger partial charge >= 0.3 is 0 Å². The Bertz CT molecular complexity index is 439. The van der Waals surface area contributed by atoms with Crippen LogP contribution in [0.1, 0.15) is 19.4 Å². The van der Waals surface area contributed by atoms with Crippen molar-refractivity contribution in [1.29, 1.82) is 0 Å². The number of hydrogen-bond acceptors (Lipinski definition) is 3. The zero-order chi connectivity index (χ0) is 12.8. The third-order valence-electron chi connectivity index (χ3n) is 1.70. The molecule has 4 N–H and O–H groups in total. The number of hydrogen-bond donors (Lipinski definition) is 2. The molecule has 17 heavy (non-hydrogen) atoms. The summed E-state index contributed by atoms with van der Waals surface area (Å²) >= 11 is 3.41. The van der Waals surface area contributed by atoms with Gasteiger partial charge < -0.3 is 16.2 Å². The summed E-state index contributed by atoms with van der Waals surface area (Å²) in [6.45, 7) is 3.93. The van der Waals surface area contributed by atoms with Crippen LogP contribution in [0.3, 0.4) is 0 Å². The fourth-order valence-electron chi connectivity index (χ4n) is 1.11.